The highest BCUT2D eigenvalue weighted by molar-refractivity contribution is 5.74. The number of rotatable bonds is 4. The number of aromatic nitrogens is 2. The molecule has 0 spiro atoms. The van der Waals surface area contributed by atoms with Gasteiger partial charge in [0, 0.05) is 39.7 Å². The van der Waals surface area contributed by atoms with Gasteiger partial charge in [0.2, 0.25) is 5.88 Å². The van der Waals surface area contributed by atoms with Gasteiger partial charge in [-0.05, 0) is 13.0 Å². The van der Waals surface area contributed by atoms with E-state index in [1.54, 1.807) is 11.0 Å². The molecule has 1 N–H and O–H groups in total. The number of hydrogen-bond acceptors (Lipinski definition) is 5. The van der Waals surface area contributed by atoms with Gasteiger partial charge in [0.05, 0.1) is 6.54 Å². The maximum atomic E-state index is 11.7. The standard InChI is InChI=1S/C13H21N5O2/c1-4-14-13(19)18-8-7-10(9-18)20-12-6-5-11(15-16-12)17(2)3/h5-6,10H,4,7-9H2,1-3H3,(H,14,19). The molecule has 1 aliphatic heterocycles. The fourth-order valence-corrected chi connectivity index (χ4v) is 2.06. The van der Waals surface area contributed by atoms with Crippen molar-refractivity contribution in [2.24, 2.45) is 0 Å². The lowest BCUT2D eigenvalue weighted by molar-refractivity contribution is 0.182. The lowest BCUT2D eigenvalue weighted by Gasteiger charge is -2.17. The predicted octanol–water partition coefficient (Wildman–Crippen LogP) is 0.725. The summed E-state index contributed by atoms with van der Waals surface area (Å²) >= 11 is 0. The second kappa shape index (κ2) is 6.40. The van der Waals surface area contributed by atoms with E-state index in [0.29, 0.717) is 25.5 Å². The molecule has 20 heavy (non-hydrogen) atoms. The summed E-state index contributed by atoms with van der Waals surface area (Å²) in [6.07, 6.45) is 0.797. The molecule has 0 aromatic carbocycles. The van der Waals surface area contributed by atoms with Gasteiger partial charge in [-0.2, -0.15) is 0 Å². The van der Waals surface area contributed by atoms with Crippen LogP contribution in [0, 0.1) is 0 Å². The van der Waals surface area contributed by atoms with Gasteiger partial charge < -0.3 is 19.9 Å². The fraction of sp³-hybridized carbons (Fsp3) is 0.615. The average Bonchev–Trinajstić information content (AvgIpc) is 2.88. The van der Waals surface area contributed by atoms with Crippen molar-refractivity contribution in [3.05, 3.63) is 12.1 Å². The van der Waals surface area contributed by atoms with Gasteiger partial charge >= 0.3 is 6.03 Å². The number of nitrogens with zero attached hydrogens (tertiary/aromatic N) is 4. The molecule has 0 aliphatic carbocycles. The van der Waals surface area contributed by atoms with Crippen LogP contribution in [0.1, 0.15) is 13.3 Å². The second-order valence-electron chi connectivity index (χ2n) is 4.93. The fourth-order valence-electron chi connectivity index (χ4n) is 2.06. The van der Waals surface area contributed by atoms with Crippen LogP contribution in [0.15, 0.2) is 12.1 Å². The van der Waals surface area contributed by atoms with Crippen molar-refractivity contribution in [2.75, 3.05) is 38.6 Å². The van der Waals surface area contributed by atoms with Gasteiger partial charge in [-0.3, -0.25) is 0 Å². The van der Waals surface area contributed by atoms with E-state index in [-0.39, 0.29) is 12.1 Å². The first kappa shape index (κ1) is 14.4. The van der Waals surface area contributed by atoms with E-state index in [1.165, 1.54) is 0 Å². The summed E-state index contributed by atoms with van der Waals surface area (Å²) in [6.45, 7) is 3.84. The van der Waals surface area contributed by atoms with Crippen molar-refractivity contribution < 1.29 is 9.53 Å². The van der Waals surface area contributed by atoms with Crippen molar-refractivity contribution in [2.45, 2.75) is 19.4 Å². The number of hydrogen-bond donors (Lipinski definition) is 1. The first-order valence-electron chi connectivity index (χ1n) is 6.80. The van der Waals surface area contributed by atoms with E-state index in [2.05, 4.69) is 15.5 Å². The molecule has 1 aromatic heterocycles. The van der Waals surface area contributed by atoms with Crippen LogP contribution < -0.4 is 15.0 Å². The molecule has 1 aromatic rings. The lowest BCUT2D eigenvalue weighted by Crippen LogP contribution is -2.39. The molecule has 7 nitrogen and oxygen atoms in total. The number of nitrogens with one attached hydrogen (secondary N) is 1. The third kappa shape index (κ3) is 3.49. The van der Waals surface area contributed by atoms with Crippen molar-refractivity contribution >= 4 is 11.8 Å². The van der Waals surface area contributed by atoms with Crippen LogP contribution >= 0.6 is 0 Å². The summed E-state index contributed by atoms with van der Waals surface area (Å²) in [6, 6.07) is 3.63. The summed E-state index contributed by atoms with van der Waals surface area (Å²) in [5.41, 5.74) is 0. The first-order valence-corrected chi connectivity index (χ1v) is 6.80. The molecule has 0 bridgehead atoms. The SMILES string of the molecule is CCNC(=O)N1CCC(Oc2ccc(N(C)C)nn2)C1. The molecular formula is C13H21N5O2. The monoisotopic (exact) mass is 279 g/mol. The van der Waals surface area contributed by atoms with Crippen molar-refractivity contribution in [1.29, 1.82) is 0 Å². The molecule has 2 heterocycles. The molecule has 0 radical (unpaired) electrons. The molecule has 1 unspecified atom stereocenters. The summed E-state index contributed by atoms with van der Waals surface area (Å²) < 4.78 is 5.75. The number of ether oxygens (including phenoxy) is 1. The molecule has 2 rings (SSSR count). The minimum absolute atomic E-state index is 0.0166. The Morgan fingerprint density at radius 1 is 1.50 bits per heavy atom. The van der Waals surface area contributed by atoms with E-state index < -0.39 is 0 Å². The van der Waals surface area contributed by atoms with Crippen LogP contribution in [0.3, 0.4) is 0 Å². The zero-order valence-electron chi connectivity index (χ0n) is 12.2. The summed E-state index contributed by atoms with van der Waals surface area (Å²) in [4.78, 5) is 15.3. The molecule has 1 aliphatic rings. The van der Waals surface area contributed by atoms with Crippen LogP contribution in [0.5, 0.6) is 5.88 Å². The quantitative estimate of drug-likeness (QED) is 0.879. The highest BCUT2D eigenvalue weighted by atomic mass is 16.5. The van der Waals surface area contributed by atoms with Crippen molar-refractivity contribution in [3.8, 4) is 5.88 Å². The van der Waals surface area contributed by atoms with Crippen LogP contribution in [0.2, 0.25) is 0 Å². The van der Waals surface area contributed by atoms with Gasteiger partial charge in [-0.1, -0.05) is 0 Å². The van der Waals surface area contributed by atoms with Crippen molar-refractivity contribution in [3.63, 3.8) is 0 Å². The average molecular weight is 279 g/mol. The maximum absolute atomic E-state index is 11.7. The molecule has 110 valence electrons. The topological polar surface area (TPSA) is 70.6 Å². The van der Waals surface area contributed by atoms with Gasteiger partial charge in [0.15, 0.2) is 5.82 Å². The Morgan fingerprint density at radius 3 is 2.90 bits per heavy atom. The van der Waals surface area contributed by atoms with Crippen LogP contribution in [-0.2, 0) is 0 Å². The number of carbonyl (C=O) groups excluding carboxylic acids is 1. The van der Waals surface area contributed by atoms with E-state index in [0.717, 1.165) is 12.2 Å². The predicted molar refractivity (Wildman–Crippen MR) is 76.0 cm³/mol. The minimum atomic E-state index is -0.0346. The maximum Gasteiger partial charge on any atom is 0.317 e. The van der Waals surface area contributed by atoms with Crippen LogP contribution in [0.25, 0.3) is 0 Å². The highest BCUT2D eigenvalue weighted by Gasteiger charge is 2.27. The Kier molecular flexibility index (Phi) is 4.60. The molecule has 1 saturated heterocycles. The molecular weight excluding hydrogens is 258 g/mol. The van der Waals surface area contributed by atoms with Gasteiger partial charge in [0.25, 0.3) is 0 Å². The number of urea groups is 1. The number of amides is 2. The second-order valence-corrected chi connectivity index (χ2v) is 4.93. The zero-order chi connectivity index (χ0) is 14.5. The summed E-state index contributed by atoms with van der Waals surface area (Å²) in [5.74, 6) is 1.28. The number of anilines is 1. The number of likely N-dealkylation sites (tertiary alicyclic amines) is 1. The lowest BCUT2D eigenvalue weighted by atomic mass is 10.3. The van der Waals surface area contributed by atoms with E-state index in [9.17, 15) is 4.79 Å². The molecule has 1 atom stereocenters. The van der Waals surface area contributed by atoms with E-state index in [1.807, 2.05) is 32.0 Å². The largest absolute Gasteiger partial charge is 0.471 e. The summed E-state index contributed by atoms with van der Waals surface area (Å²) in [5, 5.41) is 10.9. The normalized spacial score (nSPS) is 17.9. The number of carbonyl (C=O) groups is 1. The Morgan fingerprint density at radius 2 is 2.30 bits per heavy atom. The van der Waals surface area contributed by atoms with Crippen LogP contribution in [0.4, 0.5) is 10.6 Å². The smallest absolute Gasteiger partial charge is 0.317 e. The molecule has 2 amide bonds. The van der Waals surface area contributed by atoms with E-state index >= 15 is 0 Å². The Bertz CT molecular complexity index is 449. The summed E-state index contributed by atoms with van der Waals surface area (Å²) in [7, 11) is 3.82. The Labute approximate surface area is 118 Å². The third-order valence-electron chi connectivity index (χ3n) is 3.13. The van der Waals surface area contributed by atoms with Gasteiger partial charge in [-0.15, -0.1) is 10.2 Å². The van der Waals surface area contributed by atoms with Gasteiger partial charge in [0.1, 0.15) is 6.10 Å². The first-order chi connectivity index (χ1) is 9.60. The molecule has 1 fully saturated rings. The van der Waals surface area contributed by atoms with Crippen LogP contribution in [-0.4, -0.2) is 61.0 Å². The minimum Gasteiger partial charge on any atom is -0.471 e. The third-order valence-corrected chi connectivity index (χ3v) is 3.13. The molecule has 0 saturated carbocycles. The zero-order valence-corrected chi connectivity index (χ0v) is 12.2. The Hall–Kier alpha value is -2.05. The van der Waals surface area contributed by atoms with Crippen molar-refractivity contribution in [1.82, 2.24) is 20.4 Å². The van der Waals surface area contributed by atoms with Gasteiger partial charge in [-0.25, -0.2) is 4.79 Å². The highest BCUT2D eigenvalue weighted by Crippen LogP contribution is 2.17. The molecule has 7 heteroatoms. The van der Waals surface area contributed by atoms with E-state index in [4.69, 9.17) is 4.74 Å². The Balaban J connectivity index is 1.87.